The highest BCUT2D eigenvalue weighted by molar-refractivity contribution is 6.06. The summed E-state index contributed by atoms with van der Waals surface area (Å²) in [7, 11) is 0. The van der Waals surface area contributed by atoms with Crippen molar-refractivity contribution < 1.29 is 19.4 Å². The van der Waals surface area contributed by atoms with Crippen molar-refractivity contribution in [3.05, 3.63) is 48.0 Å². The smallest absolute Gasteiger partial charge is 0.236 e. The van der Waals surface area contributed by atoms with Crippen LogP contribution in [0.2, 0.25) is 0 Å². The Morgan fingerprint density at radius 3 is 2.19 bits per heavy atom. The van der Waals surface area contributed by atoms with Gasteiger partial charge in [0.25, 0.3) is 0 Å². The molecular weight excluding hydrogens is 270 g/mol. The Kier molecular flexibility index (Phi) is 2.74. The fourth-order valence-corrected chi connectivity index (χ4v) is 3.50. The number of amides is 2. The quantitative estimate of drug-likeness (QED) is 0.654. The molecule has 1 aromatic rings. The predicted octanol–water partition coefficient (Wildman–Crippen LogP) is 0.658. The maximum absolute atomic E-state index is 12.4. The first-order valence-corrected chi connectivity index (χ1v) is 7.09. The second-order valence-electron chi connectivity index (χ2n) is 5.72. The summed E-state index contributed by atoms with van der Waals surface area (Å²) in [5.41, 5.74) is 0.701. The lowest BCUT2D eigenvalue weighted by Gasteiger charge is -2.21. The number of likely N-dealkylation sites (tertiary alicyclic amines) is 1. The van der Waals surface area contributed by atoms with Gasteiger partial charge in [-0.15, -0.1) is 0 Å². The number of imide groups is 1. The molecule has 0 spiro atoms. The van der Waals surface area contributed by atoms with Crippen molar-refractivity contribution in [1.82, 2.24) is 4.90 Å². The van der Waals surface area contributed by atoms with E-state index < -0.39 is 17.9 Å². The molecule has 0 aromatic heterocycles. The van der Waals surface area contributed by atoms with Crippen molar-refractivity contribution in [3.8, 4) is 0 Å². The van der Waals surface area contributed by atoms with Crippen LogP contribution in [0.4, 0.5) is 0 Å². The van der Waals surface area contributed by atoms with E-state index in [2.05, 4.69) is 0 Å². The van der Waals surface area contributed by atoms with E-state index in [1.165, 1.54) is 4.90 Å². The molecule has 0 saturated carbocycles. The van der Waals surface area contributed by atoms with Gasteiger partial charge in [-0.05, 0) is 5.56 Å². The summed E-state index contributed by atoms with van der Waals surface area (Å²) in [5.74, 6) is -1.26. The lowest BCUT2D eigenvalue weighted by Crippen LogP contribution is -2.37. The second-order valence-corrected chi connectivity index (χ2v) is 5.72. The minimum Gasteiger partial charge on any atom is -0.387 e. The summed E-state index contributed by atoms with van der Waals surface area (Å²) < 4.78 is 5.58. The summed E-state index contributed by atoms with van der Waals surface area (Å²) in [5, 5.41) is 10.2. The van der Waals surface area contributed by atoms with Crippen LogP contribution in [0, 0.1) is 11.8 Å². The topological polar surface area (TPSA) is 66.8 Å². The highest BCUT2D eigenvalue weighted by atomic mass is 16.5. The van der Waals surface area contributed by atoms with Crippen LogP contribution in [-0.2, 0) is 14.3 Å². The Labute approximate surface area is 121 Å². The zero-order chi connectivity index (χ0) is 14.6. The lowest BCUT2D eigenvalue weighted by atomic mass is 9.85. The van der Waals surface area contributed by atoms with Gasteiger partial charge in [0.05, 0.1) is 36.7 Å². The van der Waals surface area contributed by atoms with Gasteiger partial charge in [-0.2, -0.15) is 0 Å². The van der Waals surface area contributed by atoms with Gasteiger partial charge in [-0.3, -0.25) is 14.5 Å². The zero-order valence-electron chi connectivity index (χ0n) is 11.3. The third kappa shape index (κ3) is 1.78. The first-order valence-electron chi connectivity index (χ1n) is 7.09. The number of hydrogen-bond acceptors (Lipinski definition) is 4. The number of benzene rings is 1. The molecule has 5 nitrogen and oxygen atoms in total. The molecule has 5 heteroatoms. The van der Waals surface area contributed by atoms with Crippen LogP contribution < -0.4 is 0 Å². The molecule has 21 heavy (non-hydrogen) atoms. The van der Waals surface area contributed by atoms with Gasteiger partial charge in [0.1, 0.15) is 0 Å². The van der Waals surface area contributed by atoms with Crippen molar-refractivity contribution in [2.45, 2.75) is 18.3 Å². The molecule has 2 fully saturated rings. The molecule has 2 bridgehead atoms. The van der Waals surface area contributed by atoms with Crippen LogP contribution in [0.25, 0.3) is 0 Å². The molecule has 2 saturated heterocycles. The first-order chi connectivity index (χ1) is 10.2. The number of hydrogen-bond donors (Lipinski definition) is 1. The number of aliphatic hydroxyl groups is 1. The fraction of sp³-hybridized carbons (Fsp3) is 0.375. The Hall–Kier alpha value is -1.98. The number of nitrogens with zero attached hydrogens (tertiary/aromatic N) is 1. The highest BCUT2D eigenvalue weighted by Gasteiger charge is 2.60. The number of ether oxygens (including phenoxy) is 1. The average Bonchev–Trinajstić information content (AvgIpc) is 3.18. The number of rotatable bonds is 3. The zero-order valence-corrected chi connectivity index (χ0v) is 11.3. The van der Waals surface area contributed by atoms with Crippen LogP contribution in [0.15, 0.2) is 42.5 Å². The van der Waals surface area contributed by atoms with E-state index in [9.17, 15) is 14.7 Å². The van der Waals surface area contributed by atoms with Crippen LogP contribution in [0.3, 0.4) is 0 Å². The average molecular weight is 285 g/mol. The molecule has 1 N–H and O–H groups in total. The minimum atomic E-state index is -0.857. The number of fused-ring (bicyclic) bond motifs is 5. The molecule has 0 unspecified atom stereocenters. The van der Waals surface area contributed by atoms with E-state index in [1.807, 2.05) is 30.4 Å². The summed E-state index contributed by atoms with van der Waals surface area (Å²) in [6.07, 6.45) is 2.29. The molecule has 3 heterocycles. The van der Waals surface area contributed by atoms with E-state index in [1.54, 1.807) is 12.1 Å². The van der Waals surface area contributed by atoms with E-state index in [0.717, 1.165) is 0 Å². The van der Waals surface area contributed by atoms with Crippen LogP contribution in [-0.4, -0.2) is 40.6 Å². The normalized spacial score (nSPS) is 34.6. The van der Waals surface area contributed by atoms with Gasteiger partial charge in [0.2, 0.25) is 11.8 Å². The molecule has 0 aliphatic carbocycles. The van der Waals surface area contributed by atoms with Crippen LogP contribution in [0.1, 0.15) is 11.7 Å². The third-order valence-electron chi connectivity index (χ3n) is 4.54. The fourth-order valence-electron chi connectivity index (χ4n) is 3.50. The minimum absolute atomic E-state index is 0.00806. The van der Waals surface area contributed by atoms with E-state index >= 15 is 0 Å². The highest BCUT2D eigenvalue weighted by Crippen LogP contribution is 2.45. The standard InChI is InChI=1S/C16H15NO4/c18-10(9-4-2-1-3-5-9)8-17-15(19)13-11-6-7-12(21-11)14(13)16(17)20/h1-7,10-14,18H,8H2/t10-,11+,12+,13-,14+/m0/s1. The molecule has 1 aromatic carbocycles. The number of β-amino-alcohol motifs (C(OH)–C–C–N with tert-alkyl or cyclic N) is 1. The molecule has 3 aliphatic rings. The van der Waals surface area contributed by atoms with Gasteiger partial charge in [0.15, 0.2) is 0 Å². The third-order valence-corrected chi connectivity index (χ3v) is 4.54. The molecule has 108 valence electrons. The van der Waals surface area contributed by atoms with Crippen LogP contribution in [0.5, 0.6) is 0 Å². The van der Waals surface area contributed by atoms with Crippen molar-refractivity contribution >= 4 is 11.8 Å². The van der Waals surface area contributed by atoms with Crippen molar-refractivity contribution in [1.29, 1.82) is 0 Å². The Morgan fingerprint density at radius 1 is 1.05 bits per heavy atom. The Bertz CT molecular complexity index is 596. The SMILES string of the molecule is O=C1[C@@H]2[C@H](C(=O)N1C[C@H](O)c1ccccc1)[C@H]1C=C[C@H]2O1. The number of aliphatic hydroxyl groups excluding tert-OH is 1. The number of carbonyl (C=O) groups excluding carboxylic acids is 2. The van der Waals surface area contributed by atoms with E-state index in [-0.39, 0.29) is 30.6 Å². The van der Waals surface area contributed by atoms with E-state index in [4.69, 9.17) is 4.74 Å². The molecule has 4 rings (SSSR count). The monoisotopic (exact) mass is 285 g/mol. The second kappa shape index (κ2) is 4.51. The van der Waals surface area contributed by atoms with Gasteiger partial charge in [-0.1, -0.05) is 42.5 Å². The summed E-state index contributed by atoms with van der Waals surface area (Å²) in [6.45, 7) is 0.00806. The van der Waals surface area contributed by atoms with Gasteiger partial charge in [0, 0.05) is 0 Å². The van der Waals surface area contributed by atoms with Gasteiger partial charge in [-0.25, -0.2) is 0 Å². The van der Waals surface area contributed by atoms with Crippen molar-refractivity contribution in [3.63, 3.8) is 0 Å². The number of carbonyl (C=O) groups is 2. The molecular formula is C16H15NO4. The molecule has 3 aliphatic heterocycles. The largest absolute Gasteiger partial charge is 0.387 e. The summed E-state index contributed by atoms with van der Waals surface area (Å²) in [4.78, 5) is 26.1. The van der Waals surface area contributed by atoms with Gasteiger partial charge >= 0.3 is 0 Å². The van der Waals surface area contributed by atoms with E-state index in [0.29, 0.717) is 5.56 Å². The predicted molar refractivity (Wildman–Crippen MR) is 72.9 cm³/mol. The molecule has 5 atom stereocenters. The maximum atomic E-state index is 12.4. The molecule has 2 amide bonds. The van der Waals surface area contributed by atoms with Gasteiger partial charge < -0.3 is 9.84 Å². The van der Waals surface area contributed by atoms with Crippen molar-refractivity contribution in [2.75, 3.05) is 6.54 Å². The lowest BCUT2D eigenvalue weighted by molar-refractivity contribution is -0.144. The van der Waals surface area contributed by atoms with Crippen molar-refractivity contribution in [2.24, 2.45) is 11.8 Å². The Balaban J connectivity index is 1.55. The molecule has 0 radical (unpaired) electrons. The Morgan fingerprint density at radius 2 is 1.62 bits per heavy atom. The van der Waals surface area contributed by atoms with Crippen LogP contribution >= 0.6 is 0 Å². The maximum Gasteiger partial charge on any atom is 0.236 e. The summed E-state index contributed by atoms with van der Waals surface area (Å²) >= 11 is 0. The first kappa shape index (κ1) is 12.7. The summed E-state index contributed by atoms with van der Waals surface area (Å²) in [6, 6.07) is 9.06.